The van der Waals surface area contributed by atoms with E-state index in [9.17, 15) is 4.39 Å². The van der Waals surface area contributed by atoms with Gasteiger partial charge in [0.15, 0.2) is 0 Å². The molecular formula is C18H27FN4O. The molecule has 0 aliphatic rings. The molecule has 0 fully saturated rings. The first kappa shape index (κ1) is 18.6. The van der Waals surface area contributed by atoms with Crippen LogP contribution in [0.1, 0.15) is 28.1 Å². The maximum absolute atomic E-state index is 14.1. The van der Waals surface area contributed by atoms with E-state index in [2.05, 4.69) is 10.4 Å². The van der Waals surface area contributed by atoms with Crippen molar-refractivity contribution in [3.05, 3.63) is 52.1 Å². The fourth-order valence-corrected chi connectivity index (χ4v) is 2.80. The number of nitrogens with zero attached hydrogens (tertiary/aromatic N) is 3. The third kappa shape index (κ3) is 4.63. The highest BCUT2D eigenvalue weighted by atomic mass is 19.1. The van der Waals surface area contributed by atoms with Gasteiger partial charge in [0.25, 0.3) is 0 Å². The highest BCUT2D eigenvalue weighted by molar-refractivity contribution is 5.26. The van der Waals surface area contributed by atoms with Crippen molar-refractivity contribution >= 4 is 0 Å². The number of aliphatic hydroxyl groups is 1. The highest BCUT2D eigenvalue weighted by Gasteiger charge is 2.11. The predicted molar refractivity (Wildman–Crippen MR) is 93.1 cm³/mol. The van der Waals surface area contributed by atoms with Gasteiger partial charge >= 0.3 is 0 Å². The molecule has 2 rings (SSSR count). The van der Waals surface area contributed by atoms with Crippen molar-refractivity contribution in [3.63, 3.8) is 0 Å². The minimum absolute atomic E-state index is 0.0768. The van der Waals surface area contributed by atoms with E-state index in [-0.39, 0.29) is 12.4 Å². The van der Waals surface area contributed by atoms with Gasteiger partial charge in [-0.3, -0.25) is 4.68 Å². The molecular weight excluding hydrogens is 307 g/mol. The molecule has 1 heterocycles. The van der Waals surface area contributed by atoms with E-state index >= 15 is 0 Å². The number of aryl methyl sites for hydroxylation is 1. The van der Waals surface area contributed by atoms with Crippen LogP contribution in [-0.4, -0.2) is 40.5 Å². The van der Waals surface area contributed by atoms with Crippen molar-refractivity contribution in [2.75, 3.05) is 20.7 Å². The van der Waals surface area contributed by atoms with E-state index in [0.717, 1.165) is 22.5 Å². The van der Waals surface area contributed by atoms with Gasteiger partial charge in [-0.2, -0.15) is 5.10 Å². The van der Waals surface area contributed by atoms with Crippen LogP contribution in [0.3, 0.4) is 0 Å². The van der Waals surface area contributed by atoms with Crippen LogP contribution in [0.2, 0.25) is 0 Å². The first-order valence-electron chi connectivity index (χ1n) is 8.19. The topological polar surface area (TPSA) is 53.3 Å². The summed E-state index contributed by atoms with van der Waals surface area (Å²) in [6.45, 7) is 6.42. The summed E-state index contributed by atoms with van der Waals surface area (Å²) in [6.07, 6.45) is 0. The van der Waals surface area contributed by atoms with Crippen molar-refractivity contribution in [2.24, 2.45) is 0 Å². The first-order valence-corrected chi connectivity index (χ1v) is 8.19. The first-order chi connectivity index (χ1) is 11.4. The van der Waals surface area contributed by atoms with Crippen LogP contribution in [-0.2, 0) is 26.2 Å². The van der Waals surface area contributed by atoms with Gasteiger partial charge in [0, 0.05) is 36.5 Å². The Morgan fingerprint density at radius 2 is 2.00 bits per heavy atom. The fourth-order valence-electron chi connectivity index (χ4n) is 2.80. The summed E-state index contributed by atoms with van der Waals surface area (Å²) < 4.78 is 15.9. The lowest BCUT2D eigenvalue weighted by Crippen LogP contribution is -2.15. The molecule has 2 aromatic rings. The number of benzene rings is 1. The molecule has 1 aromatic heterocycles. The summed E-state index contributed by atoms with van der Waals surface area (Å²) in [5, 5.41) is 16.8. The van der Waals surface area contributed by atoms with Crippen molar-refractivity contribution < 1.29 is 9.50 Å². The standard InChI is InChI=1S/C18H27FN4O/c1-13-17(14(2)23(21-13)7-8-24)11-20-10-15-5-6-16(12-22(3)4)18(19)9-15/h5-6,9,20,24H,7-8,10-12H2,1-4H3. The third-order valence-corrected chi connectivity index (χ3v) is 4.08. The van der Waals surface area contributed by atoms with E-state index in [4.69, 9.17) is 5.11 Å². The average Bonchev–Trinajstić information content (AvgIpc) is 2.77. The Morgan fingerprint density at radius 1 is 1.25 bits per heavy atom. The second kappa shape index (κ2) is 8.37. The van der Waals surface area contributed by atoms with Crippen LogP contribution in [0, 0.1) is 19.7 Å². The summed E-state index contributed by atoms with van der Waals surface area (Å²) in [4.78, 5) is 1.95. The molecule has 0 saturated heterocycles. The predicted octanol–water partition coefficient (Wildman–Crippen LogP) is 1.98. The fraction of sp³-hybridized carbons (Fsp3) is 0.500. The van der Waals surface area contributed by atoms with E-state index in [1.54, 1.807) is 6.07 Å². The molecule has 2 N–H and O–H groups in total. The Kier molecular flexibility index (Phi) is 6.48. The van der Waals surface area contributed by atoms with Crippen molar-refractivity contribution in [3.8, 4) is 0 Å². The van der Waals surface area contributed by atoms with Crippen LogP contribution in [0.15, 0.2) is 18.2 Å². The molecule has 0 bridgehead atoms. The molecule has 0 spiro atoms. The Bertz CT molecular complexity index is 682. The third-order valence-electron chi connectivity index (χ3n) is 4.08. The molecule has 6 heteroatoms. The lowest BCUT2D eigenvalue weighted by atomic mass is 10.1. The van der Waals surface area contributed by atoms with Crippen LogP contribution >= 0.6 is 0 Å². The van der Waals surface area contributed by atoms with Crippen molar-refractivity contribution in [1.29, 1.82) is 0 Å². The van der Waals surface area contributed by atoms with Gasteiger partial charge in [-0.15, -0.1) is 0 Å². The van der Waals surface area contributed by atoms with Crippen molar-refractivity contribution in [2.45, 2.75) is 40.0 Å². The molecule has 0 atom stereocenters. The van der Waals surface area contributed by atoms with Crippen LogP contribution in [0.4, 0.5) is 4.39 Å². The minimum Gasteiger partial charge on any atom is -0.394 e. The highest BCUT2D eigenvalue weighted by Crippen LogP contribution is 2.14. The zero-order valence-corrected chi connectivity index (χ0v) is 14.9. The average molecular weight is 334 g/mol. The second-order valence-electron chi connectivity index (χ2n) is 6.36. The number of aliphatic hydroxyl groups excluding tert-OH is 1. The number of hydrogen-bond acceptors (Lipinski definition) is 4. The minimum atomic E-state index is -0.161. The summed E-state index contributed by atoms with van der Waals surface area (Å²) in [5.41, 5.74) is 4.78. The molecule has 0 radical (unpaired) electrons. The van der Waals surface area contributed by atoms with E-state index in [0.29, 0.717) is 31.7 Å². The monoisotopic (exact) mass is 334 g/mol. The molecule has 0 amide bonds. The number of rotatable bonds is 8. The molecule has 5 nitrogen and oxygen atoms in total. The van der Waals surface area contributed by atoms with Gasteiger partial charge in [-0.1, -0.05) is 12.1 Å². The van der Waals surface area contributed by atoms with Crippen LogP contribution in [0.5, 0.6) is 0 Å². The Morgan fingerprint density at radius 3 is 2.62 bits per heavy atom. The van der Waals surface area contributed by atoms with Gasteiger partial charge in [0.1, 0.15) is 5.82 Å². The molecule has 1 aromatic carbocycles. The lowest BCUT2D eigenvalue weighted by molar-refractivity contribution is 0.267. The van der Waals surface area contributed by atoms with Crippen LogP contribution in [0.25, 0.3) is 0 Å². The number of nitrogens with one attached hydrogen (secondary N) is 1. The molecule has 0 saturated carbocycles. The number of aromatic nitrogens is 2. The summed E-state index contributed by atoms with van der Waals surface area (Å²) >= 11 is 0. The maximum Gasteiger partial charge on any atom is 0.128 e. The molecule has 24 heavy (non-hydrogen) atoms. The summed E-state index contributed by atoms with van der Waals surface area (Å²) in [7, 11) is 3.85. The largest absolute Gasteiger partial charge is 0.394 e. The summed E-state index contributed by atoms with van der Waals surface area (Å²) in [6, 6.07) is 5.41. The summed E-state index contributed by atoms with van der Waals surface area (Å²) in [5.74, 6) is -0.161. The molecule has 132 valence electrons. The van der Waals surface area contributed by atoms with Gasteiger partial charge < -0.3 is 15.3 Å². The molecule has 0 aliphatic carbocycles. The van der Waals surface area contributed by atoms with Gasteiger partial charge in [-0.05, 0) is 39.6 Å². The molecule has 0 unspecified atom stereocenters. The van der Waals surface area contributed by atoms with Gasteiger partial charge in [0.2, 0.25) is 0 Å². The van der Waals surface area contributed by atoms with E-state index in [1.807, 2.05) is 49.7 Å². The Labute approximate surface area is 143 Å². The Balaban J connectivity index is 1.96. The van der Waals surface area contributed by atoms with Gasteiger partial charge in [0.05, 0.1) is 18.8 Å². The quantitative estimate of drug-likeness (QED) is 0.775. The Hall–Kier alpha value is -1.76. The smallest absolute Gasteiger partial charge is 0.128 e. The lowest BCUT2D eigenvalue weighted by Gasteiger charge is -2.12. The van der Waals surface area contributed by atoms with Crippen LogP contribution < -0.4 is 5.32 Å². The number of hydrogen-bond donors (Lipinski definition) is 2. The number of halogens is 1. The molecule has 0 aliphatic heterocycles. The van der Waals surface area contributed by atoms with Gasteiger partial charge in [-0.25, -0.2) is 4.39 Å². The van der Waals surface area contributed by atoms with Crippen molar-refractivity contribution in [1.82, 2.24) is 20.0 Å². The van der Waals surface area contributed by atoms with E-state index in [1.165, 1.54) is 0 Å². The van der Waals surface area contributed by atoms with E-state index < -0.39 is 0 Å². The normalized spacial score (nSPS) is 11.5. The second-order valence-corrected chi connectivity index (χ2v) is 6.36. The zero-order chi connectivity index (χ0) is 17.7. The maximum atomic E-state index is 14.1. The zero-order valence-electron chi connectivity index (χ0n) is 14.9. The SMILES string of the molecule is Cc1nn(CCO)c(C)c1CNCc1ccc(CN(C)C)c(F)c1.